The van der Waals surface area contributed by atoms with Gasteiger partial charge < -0.3 is 5.73 Å². The number of rotatable bonds is 1. The van der Waals surface area contributed by atoms with Crippen molar-refractivity contribution in [2.45, 2.75) is 20.8 Å². The number of aromatic nitrogens is 3. The van der Waals surface area contributed by atoms with Gasteiger partial charge in [0.15, 0.2) is 0 Å². The van der Waals surface area contributed by atoms with Crippen LogP contribution < -0.4 is 5.73 Å². The maximum Gasteiger partial charge on any atom is 0.149 e. The molecule has 4 nitrogen and oxygen atoms in total. The molecule has 0 spiro atoms. The Labute approximate surface area is 94.6 Å². The second kappa shape index (κ2) is 3.89. The van der Waals surface area contributed by atoms with Gasteiger partial charge in [-0.05, 0) is 43.5 Å². The summed E-state index contributed by atoms with van der Waals surface area (Å²) in [5.74, 6) is 0.493. The van der Waals surface area contributed by atoms with E-state index in [1.807, 2.05) is 33.0 Å². The first-order valence-electron chi connectivity index (χ1n) is 5.11. The van der Waals surface area contributed by atoms with Gasteiger partial charge in [0.2, 0.25) is 0 Å². The molecule has 2 aromatic heterocycles. The van der Waals surface area contributed by atoms with Crippen LogP contribution in [0, 0.1) is 20.8 Å². The molecule has 2 N–H and O–H groups in total. The quantitative estimate of drug-likeness (QED) is 0.789. The van der Waals surface area contributed by atoms with E-state index in [0.717, 1.165) is 27.9 Å². The van der Waals surface area contributed by atoms with Crippen LogP contribution in [-0.2, 0) is 0 Å². The van der Waals surface area contributed by atoms with E-state index in [1.54, 1.807) is 6.20 Å². The van der Waals surface area contributed by atoms with E-state index in [0.29, 0.717) is 5.82 Å². The molecule has 0 amide bonds. The molecular weight excluding hydrogens is 200 g/mol. The van der Waals surface area contributed by atoms with Gasteiger partial charge in [0.25, 0.3) is 0 Å². The summed E-state index contributed by atoms with van der Waals surface area (Å²) in [7, 11) is 0. The van der Waals surface area contributed by atoms with E-state index in [9.17, 15) is 0 Å². The summed E-state index contributed by atoms with van der Waals surface area (Å²) in [5, 5.41) is 8.13. The van der Waals surface area contributed by atoms with E-state index in [4.69, 9.17) is 5.73 Å². The Morgan fingerprint density at radius 2 is 1.81 bits per heavy atom. The first-order chi connectivity index (χ1) is 7.61. The normalized spacial score (nSPS) is 10.4. The molecule has 82 valence electrons. The number of aryl methyl sites for hydroxylation is 1. The smallest absolute Gasteiger partial charge is 0.149 e. The van der Waals surface area contributed by atoms with Crippen LogP contribution in [0.3, 0.4) is 0 Å². The van der Waals surface area contributed by atoms with Gasteiger partial charge in [-0.3, -0.25) is 4.98 Å². The molecule has 0 aliphatic carbocycles. The zero-order valence-electron chi connectivity index (χ0n) is 9.65. The lowest BCUT2D eigenvalue weighted by Crippen LogP contribution is -2.02. The van der Waals surface area contributed by atoms with Crippen molar-refractivity contribution in [1.29, 1.82) is 0 Å². The number of hydrogen-bond acceptors (Lipinski definition) is 4. The van der Waals surface area contributed by atoms with Gasteiger partial charge in [0.1, 0.15) is 5.82 Å². The standard InChI is InChI=1S/C12H14N4/c1-7-6-14-5-4-10(7)11-8(2)9(3)12(13)16-15-11/h4-6H,1-3H3,(H2,13,16). The van der Waals surface area contributed by atoms with Crippen LogP contribution in [0.15, 0.2) is 18.5 Å². The molecule has 2 heterocycles. The zero-order valence-corrected chi connectivity index (χ0v) is 9.65. The molecule has 0 saturated carbocycles. The highest BCUT2D eigenvalue weighted by atomic mass is 15.1. The lowest BCUT2D eigenvalue weighted by molar-refractivity contribution is 1.01. The summed E-state index contributed by atoms with van der Waals surface area (Å²) in [4.78, 5) is 4.07. The number of nitrogens with two attached hydrogens (primary N) is 1. The van der Waals surface area contributed by atoms with E-state index in [-0.39, 0.29) is 0 Å². The molecule has 2 aromatic rings. The van der Waals surface area contributed by atoms with Gasteiger partial charge in [0, 0.05) is 18.0 Å². The number of pyridine rings is 1. The third-order valence-corrected chi connectivity index (χ3v) is 2.84. The van der Waals surface area contributed by atoms with E-state index in [2.05, 4.69) is 15.2 Å². The van der Waals surface area contributed by atoms with Gasteiger partial charge in [0.05, 0.1) is 5.69 Å². The molecule has 0 atom stereocenters. The van der Waals surface area contributed by atoms with Crippen molar-refractivity contribution in [2.75, 3.05) is 5.73 Å². The zero-order chi connectivity index (χ0) is 11.7. The Morgan fingerprint density at radius 1 is 1.06 bits per heavy atom. The predicted molar refractivity (Wildman–Crippen MR) is 63.9 cm³/mol. The highest BCUT2D eigenvalue weighted by Gasteiger charge is 2.11. The second-order valence-electron chi connectivity index (χ2n) is 3.87. The minimum atomic E-state index is 0.493. The van der Waals surface area contributed by atoms with Crippen LogP contribution in [0.25, 0.3) is 11.3 Å². The average Bonchev–Trinajstić information content (AvgIpc) is 2.28. The van der Waals surface area contributed by atoms with Gasteiger partial charge in [-0.1, -0.05) is 0 Å². The maximum absolute atomic E-state index is 5.72. The fourth-order valence-corrected chi connectivity index (χ4v) is 1.62. The van der Waals surface area contributed by atoms with Crippen molar-refractivity contribution < 1.29 is 0 Å². The van der Waals surface area contributed by atoms with Crippen LogP contribution in [0.1, 0.15) is 16.7 Å². The summed E-state index contributed by atoms with van der Waals surface area (Å²) in [5.41, 5.74) is 10.8. The van der Waals surface area contributed by atoms with Crippen molar-refractivity contribution in [3.05, 3.63) is 35.2 Å². The van der Waals surface area contributed by atoms with E-state index >= 15 is 0 Å². The molecule has 2 rings (SSSR count). The summed E-state index contributed by atoms with van der Waals surface area (Å²) < 4.78 is 0. The van der Waals surface area contributed by atoms with Crippen molar-refractivity contribution in [3.63, 3.8) is 0 Å². The maximum atomic E-state index is 5.72. The third-order valence-electron chi connectivity index (χ3n) is 2.84. The van der Waals surface area contributed by atoms with Crippen molar-refractivity contribution >= 4 is 5.82 Å². The fourth-order valence-electron chi connectivity index (χ4n) is 1.62. The van der Waals surface area contributed by atoms with Crippen LogP contribution in [0.2, 0.25) is 0 Å². The molecule has 0 fully saturated rings. The number of nitrogens with zero attached hydrogens (tertiary/aromatic N) is 3. The molecule has 4 heteroatoms. The summed E-state index contributed by atoms with van der Waals surface area (Å²) in [6, 6.07) is 1.95. The fraction of sp³-hybridized carbons (Fsp3) is 0.250. The minimum absolute atomic E-state index is 0.493. The largest absolute Gasteiger partial charge is 0.382 e. The monoisotopic (exact) mass is 214 g/mol. The van der Waals surface area contributed by atoms with E-state index in [1.165, 1.54) is 0 Å². The number of hydrogen-bond donors (Lipinski definition) is 1. The van der Waals surface area contributed by atoms with Crippen LogP contribution >= 0.6 is 0 Å². The molecule has 0 bridgehead atoms. The minimum Gasteiger partial charge on any atom is -0.382 e. The lowest BCUT2D eigenvalue weighted by atomic mass is 10.0. The summed E-state index contributed by atoms with van der Waals surface area (Å²) in [6.07, 6.45) is 3.58. The Hall–Kier alpha value is -1.97. The first-order valence-corrected chi connectivity index (χ1v) is 5.11. The SMILES string of the molecule is Cc1cnccc1-c1nnc(N)c(C)c1C. The molecule has 0 aliphatic rings. The van der Waals surface area contributed by atoms with E-state index < -0.39 is 0 Å². The third kappa shape index (κ3) is 1.62. The van der Waals surface area contributed by atoms with Crippen LogP contribution in [0.5, 0.6) is 0 Å². The number of anilines is 1. The highest BCUT2D eigenvalue weighted by molar-refractivity contribution is 5.68. The molecule has 0 aromatic carbocycles. The molecule has 16 heavy (non-hydrogen) atoms. The lowest BCUT2D eigenvalue weighted by Gasteiger charge is -2.10. The molecule has 0 radical (unpaired) electrons. The molecule has 0 aliphatic heterocycles. The van der Waals surface area contributed by atoms with Crippen molar-refractivity contribution in [2.24, 2.45) is 0 Å². The van der Waals surface area contributed by atoms with Crippen LogP contribution in [-0.4, -0.2) is 15.2 Å². The number of nitrogen functional groups attached to an aromatic ring is 1. The predicted octanol–water partition coefficient (Wildman–Crippen LogP) is 2.05. The first kappa shape index (κ1) is 10.5. The Bertz CT molecular complexity index is 535. The summed E-state index contributed by atoms with van der Waals surface area (Å²) >= 11 is 0. The Morgan fingerprint density at radius 3 is 2.50 bits per heavy atom. The molecule has 0 unspecified atom stereocenters. The Kier molecular flexibility index (Phi) is 2.56. The molecule has 0 saturated heterocycles. The van der Waals surface area contributed by atoms with Gasteiger partial charge in [-0.15, -0.1) is 10.2 Å². The van der Waals surface area contributed by atoms with Gasteiger partial charge >= 0.3 is 0 Å². The van der Waals surface area contributed by atoms with Gasteiger partial charge in [-0.2, -0.15) is 0 Å². The second-order valence-corrected chi connectivity index (χ2v) is 3.87. The molecular formula is C12H14N4. The van der Waals surface area contributed by atoms with Crippen molar-refractivity contribution in [1.82, 2.24) is 15.2 Å². The topological polar surface area (TPSA) is 64.7 Å². The summed E-state index contributed by atoms with van der Waals surface area (Å²) in [6.45, 7) is 5.98. The van der Waals surface area contributed by atoms with Crippen molar-refractivity contribution in [3.8, 4) is 11.3 Å². The highest BCUT2D eigenvalue weighted by Crippen LogP contribution is 2.26. The Balaban J connectivity index is 2.66. The average molecular weight is 214 g/mol. The van der Waals surface area contributed by atoms with Gasteiger partial charge in [-0.25, -0.2) is 0 Å². The van der Waals surface area contributed by atoms with Crippen LogP contribution in [0.4, 0.5) is 5.82 Å².